The molecule has 5 nitrogen and oxygen atoms in total. The van der Waals surface area contributed by atoms with Gasteiger partial charge in [0, 0.05) is 18.8 Å². The van der Waals surface area contributed by atoms with Crippen molar-refractivity contribution in [2.75, 3.05) is 12.3 Å². The van der Waals surface area contributed by atoms with Crippen LogP contribution in [0.5, 0.6) is 0 Å². The maximum atomic E-state index is 11.6. The first kappa shape index (κ1) is 11.6. The number of hydrogen-bond donors (Lipinski definition) is 2. The first-order valence-corrected chi connectivity index (χ1v) is 7.25. The Hall–Kier alpha value is -0.880. The predicted octanol–water partition coefficient (Wildman–Crippen LogP) is 0.638. The number of hydrogen-bond acceptors (Lipinski definition) is 4. The molecule has 2 N–H and O–H groups in total. The Morgan fingerprint density at radius 2 is 2.50 bits per heavy atom. The van der Waals surface area contributed by atoms with Gasteiger partial charge in [-0.1, -0.05) is 0 Å². The van der Waals surface area contributed by atoms with E-state index in [1.165, 1.54) is 0 Å². The van der Waals surface area contributed by atoms with Crippen molar-refractivity contribution in [1.29, 1.82) is 0 Å². The van der Waals surface area contributed by atoms with Gasteiger partial charge in [-0.25, -0.2) is 8.42 Å². The summed E-state index contributed by atoms with van der Waals surface area (Å²) in [5.41, 5.74) is 0.982. The lowest BCUT2D eigenvalue weighted by Crippen LogP contribution is -2.32. The average molecular weight is 243 g/mol. The van der Waals surface area contributed by atoms with Crippen molar-refractivity contribution in [2.24, 2.45) is 0 Å². The van der Waals surface area contributed by atoms with Gasteiger partial charge in [-0.05, 0) is 25.8 Å². The third kappa shape index (κ3) is 2.44. The molecule has 1 saturated heterocycles. The van der Waals surface area contributed by atoms with Crippen molar-refractivity contribution >= 4 is 9.84 Å². The molecule has 0 aromatic carbocycles. The largest absolute Gasteiger partial charge is 0.308 e. The zero-order valence-corrected chi connectivity index (χ0v) is 10.1. The molecule has 6 heteroatoms. The highest BCUT2D eigenvalue weighted by atomic mass is 32.2. The number of aromatic amines is 1. The molecule has 16 heavy (non-hydrogen) atoms. The summed E-state index contributed by atoms with van der Waals surface area (Å²) < 4.78 is 23.2. The maximum Gasteiger partial charge on any atom is 0.154 e. The molecule has 2 unspecified atom stereocenters. The molecule has 2 rings (SSSR count). The molecule has 1 aliphatic rings. The Kier molecular flexibility index (Phi) is 3.30. The third-order valence-corrected chi connectivity index (χ3v) is 5.38. The number of sulfone groups is 1. The first-order valence-electron chi connectivity index (χ1n) is 5.54. The van der Waals surface area contributed by atoms with Crippen LogP contribution in [0.4, 0.5) is 0 Å². The summed E-state index contributed by atoms with van der Waals surface area (Å²) in [5.74, 6) is 0.345. The van der Waals surface area contributed by atoms with Crippen LogP contribution in [-0.2, 0) is 9.84 Å². The highest BCUT2D eigenvalue weighted by Crippen LogP contribution is 2.20. The standard InChI is InChI=1S/C10H17N3O2S/c1-8(10-4-5-12-13-10)11-7-9-3-2-6-16(9,14)15/h4-5,8-9,11H,2-3,6-7H2,1H3,(H,12,13). The van der Waals surface area contributed by atoms with E-state index in [9.17, 15) is 8.42 Å². The van der Waals surface area contributed by atoms with Crippen LogP contribution < -0.4 is 5.32 Å². The van der Waals surface area contributed by atoms with E-state index in [1.807, 2.05) is 13.0 Å². The number of H-pyrrole nitrogens is 1. The fourth-order valence-corrected chi connectivity index (χ4v) is 3.79. The lowest BCUT2D eigenvalue weighted by Gasteiger charge is -2.15. The van der Waals surface area contributed by atoms with E-state index in [4.69, 9.17) is 0 Å². The van der Waals surface area contributed by atoms with Crippen LogP contribution in [0.25, 0.3) is 0 Å². The van der Waals surface area contributed by atoms with E-state index in [2.05, 4.69) is 15.5 Å². The average Bonchev–Trinajstić information content (AvgIpc) is 2.83. The molecule has 2 atom stereocenters. The quantitative estimate of drug-likeness (QED) is 0.813. The van der Waals surface area contributed by atoms with E-state index >= 15 is 0 Å². The van der Waals surface area contributed by atoms with Gasteiger partial charge in [0.2, 0.25) is 0 Å². The molecule has 0 amide bonds. The topological polar surface area (TPSA) is 74.8 Å². The monoisotopic (exact) mass is 243 g/mol. The van der Waals surface area contributed by atoms with Gasteiger partial charge < -0.3 is 5.32 Å². The van der Waals surface area contributed by atoms with Crippen molar-refractivity contribution in [3.05, 3.63) is 18.0 Å². The second-order valence-electron chi connectivity index (χ2n) is 4.27. The summed E-state index contributed by atoms with van der Waals surface area (Å²) in [6, 6.07) is 2.00. The summed E-state index contributed by atoms with van der Waals surface area (Å²) in [6.07, 6.45) is 3.28. The molecule has 90 valence electrons. The van der Waals surface area contributed by atoms with Crippen molar-refractivity contribution in [1.82, 2.24) is 15.5 Å². The van der Waals surface area contributed by atoms with Gasteiger partial charge in [0.05, 0.1) is 16.7 Å². The van der Waals surface area contributed by atoms with Crippen LogP contribution in [-0.4, -0.2) is 36.2 Å². The second kappa shape index (κ2) is 4.55. The van der Waals surface area contributed by atoms with Crippen molar-refractivity contribution in [3.63, 3.8) is 0 Å². The first-order chi connectivity index (χ1) is 7.59. The van der Waals surface area contributed by atoms with Crippen LogP contribution in [0.15, 0.2) is 12.3 Å². The molecule has 1 aromatic rings. The summed E-state index contributed by atoms with van der Waals surface area (Å²) in [7, 11) is -2.84. The highest BCUT2D eigenvalue weighted by Gasteiger charge is 2.31. The minimum Gasteiger partial charge on any atom is -0.308 e. The summed E-state index contributed by atoms with van der Waals surface area (Å²) in [4.78, 5) is 0. The minimum atomic E-state index is -2.84. The van der Waals surface area contributed by atoms with Crippen LogP contribution in [0.2, 0.25) is 0 Å². The fraction of sp³-hybridized carbons (Fsp3) is 0.700. The molecule has 1 aromatic heterocycles. The molecular weight excluding hydrogens is 226 g/mol. The Morgan fingerprint density at radius 3 is 3.06 bits per heavy atom. The number of nitrogens with zero attached hydrogens (tertiary/aromatic N) is 1. The fourth-order valence-electron chi connectivity index (χ4n) is 2.01. The van der Waals surface area contributed by atoms with Gasteiger partial charge in [-0.3, -0.25) is 5.10 Å². The molecular formula is C10H17N3O2S. The van der Waals surface area contributed by atoms with Crippen molar-refractivity contribution < 1.29 is 8.42 Å². The van der Waals surface area contributed by atoms with Crippen LogP contribution in [0, 0.1) is 0 Å². The Morgan fingerprint density at radius 1 is 1.69 bits per heavy atom. The van der Waals surface area contributed by atoms with Gasteiger partial charge in [0.1, 0.15) is 0 Å². The zero-order chi connectivity index (χ0) is 11.6. The molecule has 0 spiro atoms. The molecule has 0 saturated carbocycles. The Balaban J connectivity index is 1.88. The number of aromatic nitrogens is 2. The summed E-state index contributed by atoms with van der Waals surface area (Å²) in [6.45, 7) is 2.53. The van der Waals surface area contributed by atoms with E-state index in [0.29, 0.717) is 12.3 Å². The Bertz CT molecular complexity index is 427. The van der Waals surface area contributed by atoms with E-state index in [1.54, 1.807) is 6.20 Å². The van der Waals surface area contributed by atoms with Crippen LogP contribution in [0.1, 0.15) is 31.5 Å². The van der Waals surface area contributed by atoms with Crippen LogP contribution in [0.3, 0.4) is 0 Å². The smallest absolute Gasteiger partial charge is 0.154 e. The lowest BCUT2D eigenvalue weighted by atomic mass is 10.2. The highest BCUT2D eigenvalue weighted by molar-refractivity contribution is 7.92. The van der Waals surface area contributed by atoms with Gasteiger partial charge >= 0.3 is 0 Å². The molecule has 0 bridgehead atoms. The summed E-state index contributed by atoms with van der Waals surface area (Å²) >= 11 is 0. The second-order valence-corrected chi connectivity index (χ2v) is 6.67. The van der Waals surface area contributed by atoms with E-state index in [0.717, 1.165) is 18.5 Å². The molecule has 0 radical (unpaired) electrons. The zero-order valence-electron chi connectivity index (χ0n) is 9.31. The SMILES string of the molecule is CC(NCC1CCCS1(=O)=O)c1ccn[nH]1. The lowest BCUT2D eigenvalue weighted by molar-refractivity contribution is 0.530. The summed E-state index contributed by atoms with van der Waals surface area (Å²) in [5, 5.41) is 9.76. The predicted molar refractivity (Wildman–Crippen MR) is 61.8 cm³/mol. The molecule has 0 aliphatic carbocycles. The number of nitrogens with one attached hydrogen (secondary N) is 2. The third-order valence-electron chi connectivity index (χ3n) is 3.10. The molecule has 1 aliphatic heterocycles. The van der Waals surface area contributed by atoms with Gasteiger partial charge in [0.15, 0.2) is 9.84 Å². The van der Waals surface area contributed by atoms with Gasteiger partial charge in [-0.2, -0.15) is 5.10 Å². The van der Waals surface area contributed by atoms with Gasteiger partial charge in [0.25, 0.3) is 0 Å². The molecule has 2 heterocycles. The number of rotatable bonds is 4. The molecule has 1 fully saturated rings. The van der Waals surface area contributed by atoms with Crippen molar-refractivity contribution in [3.8, 4) is 0 Å². The maximum absolute atomic E-state index is 11.6. The van der Waals surface area contributed by atoms with Crippen LogP contribution >= 0.6 is 0 Å². The minimum absolute atomic E-state index is 0.110. The normalized spacial score (nSPS) is 25.7. The van der Waals surface area contributed by atoms with E-state index in [-0.39, 0.29) is 11.3 Å². The van der Waals surface area contributed by atoms with Gasteiger partial charge in [-0.15, -0.1) is 0 Å². The Labute approximate surface area is 95.6 Å². The van der Waals surface area contributed by atoms with E-state index < -0.39 is 9.84 Å². The van der Waals surface area contributed by atoms with Crippen molar-refractivity contribution in [2.45, 2.75) is 31.1 Å².